The molecule has 0 fully saturated rings. The molecule has 0 saturated carbocycles. The third kappa shape index (κ3) is 5.50. The molecule has 0 radical (unpaired) electrons. The lowest BCUT2D eigenvalue weighted by atomic mass is 10.2. The van der Waals surface area contributed by atoms with Crippen LogP contribution < -0.4 is 10.6 Å². The van der Waals surface area contributed by atoms with Crippen LogP contribution >= 0.6 is 27.5 Å². The molecule has 0 aliphatic carbocycles. The number of halogens is 2. The Balaban J connectivity index is 1.73. The molecule has 2 aromatic carbocycles. The van der Waals surface area contributed by atoms with E-state index in [0.29, 0.717) is 18.1 Å². The highest BCUT2D eigenvalue weighted by Gasteiger charge is 2.03. The summed E-state index contributed by atoms with van der Waals surface area (Å²) in [4.78, 5) is 11.7. The van der Waals surface area contributed by atoms with E-state index in [-0.39, 0.29) is 12.5 Å². The van der Waals surface area contributed by atoms with Crippen LogP contribution in [0.5, 0.6) is 0 Å². The van der Waals surface area contributed by atoms with Crippen LogP contribution in [0.4, 0.5) is 0 Å². The van der Waals surface area contributed by atoms with Crippen molar-refractivity contribution in [1.29, 1.82) is 0 Å². The molecule has 2 N–H and O–H groups in total. The summed E-state index contributed by atoms with van der Waals surface area (Å²) in [6, 6.07) is 15.4. The lowest BCUT2D eigenvalue weighted by molar-refractivity contribution is -0.120. The van der Waals surface area contributed by atoms with Crippen LogP contribution in [0.25, 0.3) is 0 Å². The average Bonchev–Trinajstić information content (AvgIpc) is 2.50. The highest BCUT2D eigenvalue weighted by Crippen LogP contribution is 2.20. The number of amides is 1. The van der Waals surface area contributed by atoms with Gasteiger partial charge in [-0.2, -0.15) is 0 Å². The summed E-state index contributed by atoms with van der Waals surface area (Å²) >= 11 is 9.41. The number of hydrogen-bond acceptors (Lipinski definition) is 2. The van der Waals surface area contributed by atoms with Gasteiger partial charge in [0.05, 0.1) is 6.54 Å². The van der Waals surface area contributed by atoms with Crippen molar-refractivity contribution in [1.82, 2.24) is 10.6 Å². The SMILES string of the molecule is O=C(CNCc1cc(Cl)ccc1Br)NCc1ccccc1. The van der Waals surface area contributed by atoms with Gasteiger partial charge in [-0.15, -0.1) is 0 Å². The van der Waals surface area contributed by atoms with Crippen molar-refractivity contribution in [2.45, 2.75) is 13.1 Å². The first kappa shape index (κ1) is 16.0. The van der Waals surface area contributed by atoms with Crippen molar-refractivity contribution in [3.05, 3.63) is 69.2 Å². The Labute approximate surface area is 137 Å². The number of hydrogen-bond donors (Lipinski definition) is 2. The van der Waals surface area contributed by atoms with Gasteiger partial charge in [0.2, 0.25) is 5.91 Å². The van der Waals surface area contributed by atoms with Crippen LogP contribution in [0.3, 0.4) is 0 Å². The summed E-state index contributed by atoms with van der Waals surface area (Å²) in [6.45, 7) is 1.40. The first-order chi connectivity index (χ1) is 10.1. The minimum absolute atomic E-state index is 0.0306. The Hall–Kier alpha value is -1.36. The second-order valence-corrected chi connectivity index (χ2v) is 5.89. The normalized spacial score (nSPS) is 10.4. The van der Waals surface area contributed by atoms with Crippen molar-refractivity contribution >= 4 is 33.4 Å². The van der Waals surface area contributed by atoms with Crippen molar-refractivity contribution in [3.63, 3.8) is 0 Å². The number of nitrogens with one attached hydrogen (secondary N) is 2. The Morgan fingerprint density at radius 1 is 1.10 bits per heavy atom. The van der Waals surface area contributed by atoms with Crippen molar-refractivity contribution < 1.29 is 4.79 Å². The monoisotopic (exact) mass is 366 g/mol. The summed E-state index contributed by atoms with van der Waals surface area (Å²) in [6.07, 6.45) is 0. The fraction of sp³-hybridized carbons (Fsp3) is 0.188. The fourth-order valence-corrected chi connectivity index (χ4v) is 2.43. The molecular weight excluding hydrogens is 352 g/mol. The van der Waals surface area contributed by atoms with E-state index in [9.17, 15) is 4.79 Å². The highest BCUT2D eigenvalue weighted by molar-refractivity contribution is 9.10. The second-order valence-electron chi connectivity index (χ2n) is 4.60. The van der Waals surface area contributed by atoms with Gasteiger partial charge in [-0.1, -0.05) is 57.9 Å². The lowest BCUT2D eigenvalue weighted by Gasteiger charge is -2.08. The quantitative estimate of drug-likeness (QED) is 0.820. The van der Waals surface area contributed by atoms with Gasteiger partial charge in [0.15, 0.2) is 0 Å². The van der Waals surface area contributed by atoms with Crippen LogP contribution in [0.2, 0.25) is 5.02 Å². The summed E-state index contributed by atoms with van der Waals surface area (Å²) < 4.78 is 0.976. The van der Waals surface area contributed by atoms with E-state index >= 15 is 0 Å². The summed E-state index contributed by atoms with van der Waals surface area (Å²) in [5.41, 5.74) is 2.11. The largest absolute Gasteiger partial charge is 0.351 e. The Bertz CT molecular complexity index is 604. The van der Waals surface area contributed by atoms with E-state index in [0.717, 1.165) is 15.6 Å². The third-order valence-electron chi connectivity index (χ3n) is 2.94. The molecule has 1 amide bonds. The van der Waals surface area contributed by atoms with Gasteiger partial charge in [0.1, 0.15) is 0 Å². The van der Waals surface area contributed by atoms with Crippen LogP contribution in [0, 0.1) is 0 Å². The summed E-state index contributed by atoms with van der Waals surface area (Å²) in [7, 11) is 0. The molecule has 0 heterocycles. The maximum atomic E-state index is 11.7. The van der Waals surface area contributed by atoms with E-state index in [1.807, 2.05) is 48.5 Å². The highest BCUT2D eigenvalue weighted by atomic mass is 79.9. The Kier molecular flexibility index (Phi) is 6.23. The molecule has 0 spiro atoms. The van der Waals surface area contributed by atoms with E-state index in [4.69, 9.17) is 11.6 Å². The molecule has 0 aliphatic rings. The zero-order valence-electron chi connectivity index (χ0n) is 11.4. The molecule has 0 unspecified atom stereocenters. The molecule has 110 valence electrons. The topological polar surface area (TPSA) is 41.1 Å². The maximum absolute atomic E-state index is 11.7. The van der Waals surface area contributed by atoms with Crippen LogP contribution in [-0.4, -0.2) is 12.5 Å². The molecule has 0 bridgehead atoms. The van der Waals surface area contributed by atoms with Crippen LogP contribution in [0.1, 0.15) is 11.1 Å². The van der Waals surface area contributed by atoms with E-state index in [1.165, 1.54) is 0 Å². The maximum Gasteiger partial charge on any atom is 0.234 e. The van der Waals surface area contributed by atoms with Gasteiger partial charge in [-0.3, -0.25) is 4.79 Å². The predicted octanol–water partition coefficient (Wildman–Crippen LogP) is 3.51. The zero-order valence-corrected chi connectivity index (χ0v) is 13.7. The van der Waals surface area contributed by atoms with Gasteiger partial charge in [-0.25, -0.2) is 0 Å². The Morgan fingerprint density at radius 2 is 1.86 bits per heavy atom. The number of carbonyl (C=O) groups excluding carboxylic acids is 1. The van der Waals surface area contributed by atoms with E-state index in [2.05, 4.69) is 26.6 Å². The third-order valence-corrected chi connectivity index (χ3v) is 3.95. The summed E-state index contributed by atoms with van der Waals surface area (Å²) in [5, 5.41) is 6.66. The van der Waals surface area contributed by atoms with Crippen LogP contribution in [-0.2, 0) is 17.9 Å². The predicted molar refractivity (Wildman–Crippen MR) is 89.1 cm³/mol. The van der Waals surface area contributed by atoms with Gasteiger partial charge >= 0.3 is 0 Å². The molecule has 0 atom stereocenters. The molecule has 0 aromatic heterocycles. The molecule has 0 aliphatic heterocycles. The minimum atomic E-state index is -0.0306. The average molecular weight is 368 g/mol. The first-order valence-electron chi connectivity index (χ1n) is 6.60. The second kappa shape index (κ2) is 8.17. The molecule has 3 nitrogen and oxygen atoms in total. The Morgan fingerprint density at radius 3 is 2.62 bits per heavy atom. The smallest absolute Gasteiger partial charge is 0.234 e. The number of benzene rings is 2. The summed E-state index contributed by atoms with van der Waals surface area (Å²) in [5.74, 6) is -0.0306. The standard InChI is InChI=1S/C16H16BrClN2O/c17-15-7-6-14(18)8-13(15)10-19-11-16(21)20-9-12-4-2-1-3-5-12/h1-8,19H,9-11H2,(H,20,21). The molecular formula is C16H16BrClN2O. The van der Waals surface area contributed by atoms with Crippen molar-refractivity contribution in [2.24, 2.45) is 0 Å². The molecule has 2 rings (SSSR count). The first-order valence-corrected chi connectivity index (χ1v) is 7.77. The van der Waals surface area contributed by atoms with Crippen LogP contribution in [0.15, 0.2) is 53.0 Å². The zero-order chi connectivity index (χ0) is 15.1. The number of carbonyl (C=O) groups is 1. The van der Waals surface area contributed by atoms with Gasteiger partial charge in [-0.05, 0) is 29.3 Å². The number of rotatable bonds is 6. The minimum Gasteiger partial charge on any atom is -0.351 e. The molecule has 2 aromatic rings. The molecule has 0 saturated heterocycles. The fourth-order valence-electron chi connectivity index (χ4n) is 1.85. The van der Waals surface area contributed by atoms with Crippen molar-refractivity contribution in [3.8, 4) is 0 Å². The molecule has 5 heteroatoms. The lowest BCUT2D eigenvalue weighted by Crippen LogP contribution is -2.33. The molecule has 21 heavy (non-hydrogen) atoms. The van der Waals surface area contributed by atoms with E-state index in [1.54, 1.807) is 0 Å². The van der Waals surface area contributed by atoms with Crippen molar-refractivity contribution in [2.75, 3.05) is 6.54 Å². The van der Waals surface area contributed by atoms with Gasteiger partial charge in [0, 0.05) is 22.6 Å². The van der Waals surface area contributed by atoms with Gasteiger partial charge < -0.3 is 10.6 Å². The van der Waals surface area contributed by atoms with Gasteiger partial charge in [0.25, 0.3) is 0 Å². The van der Waals surface area contributed by atoms with E-state index < -0.39 is 0 Å².